The van der Waals surface area contributed by atoms with Crippen molar-refractivity contribution in [3.05, 3.63) is 24.3 Å². The van der Waals surface area contributed by atoms with E-state index in [1.54, 1.807) is 0 Å². The zero-order valence-corrected chi connectivity index (χ0v) is 20.2. The monoisotopic (exact) mass is 406 g/mol. The van der Waals surface area contributed by atoms with Gasteiger partial charge in [-0.1, -0.05) is 115 Å². The maximum Gasteiger partial charge on any atom is 0.0540 e. The van der Waals surface area contributed by atoms with Crippen LogP contribution in [0.4, 0.5) is 0 Å². The molecule has 172 valence electrons. The van der Waals surface area contributed by atoms with Crippen molar-refractivity contribution >= 4 is 0 Å². The Bertz CT molecular complexity index is 344. The van der Waals surface area contributed by atoms with Gasteiger partial charge < -0.3 is 5.11 Å². The molecule has 0 spiro atoms. The number of unbranched alkanes of at least 4 members (excludes halogenated alkanes) is 15. The Morgan fingerprint density at radius 1 is 0.448 bits per heavy atom. The molecule has 0 aliphatic heterocycles. The molecule has 0 aliphatic rings. The van der Waals surface area contributed by atoms with Crippen LogP contribution in [-0.4, -0.2) is 11.2 Å². The number of hydrogen-bond donors (Lipinski definition) is 1. The highest BCUT2D eigenvalue weighted by Gasteiger charge is 2.02. The second-order valence-electron chi connectivity index (χ2n) is 8.92. The van der Waals surface area contributed by atoms with Crippen molar-refractivity contribution < 1.29 is 5.11 Å². The van der Waals surface area contributed by atoms with E-state index < -0.39 is 0 Å². The van der Waals surface area contributed by atoms with Gasteiger partial charge in [-0.05, 0) is 57.8 Å². The van der Waals surface area contributed by atoms with Gasteiger partial charge >= 0.3 is 0 Å². The third-order valence-corrected chi connectivity index (χ3v) is 5.85. The van der Waals surface area contributed by atoms with E-state index in [-0.39, 0.29) is 6.10 Å². The van der Waals surface area contributed by atoms with Crippen LogP contribution >= 0.6 is 0 Å². The van der Waals surface area contributed by atoms with E-state index in [9.17, 15) is 5.11 Å². The molecule has 0 rings (SSSR count). The Kier molecular flexibility index (Phi) is 25.0. The highest BCUT2D eigenvalue weighted by molar-refractivity contribution is 4.85. The average Bonchev–Trinajstić information content (AvgIpc) is 2.72. The Hall–Kier alpha value is -0.560. The van der Waals surface area contributed by atoms with Gasteiger partial charge in [0.05, 0.1) is 6.10 Å². The molecule has 0 aromatic rings. The number of allylic oxidation sites excluding steroid dienone is 4. The summed E-state index contributed by atoms with van der Waals surface area (Å²) in [6.45, 7) is 4.55. The van der Waals surface area contributed by atoms with Gasteiger partial charge in [0.25, 0.3) is 0 Å². The molecule has 0 bridgehead atoms. The summed E-state index contributed by atoms with van der Waals surface area (Å²) in [5.41, 5.74) is 0. The van der Waals surface area contributed by atoms with Gasteiger partial charge in [0.2, 0.25) is 0 Å². The Balaban J connectivity index is 3.28. The molecule has 0 saturated carbocycles. The summed E-state index contributed by atoms with van der Waals surface area (Å²) < 4.78 is 0. The molecule has 0 saturated heterocycles. The second-order valence-corrected chi connectivity index (χ2v) is 8.92. The van der Waals surface area contributed by atoms with E-state index in [4.69, 9.17) is 0 Å². The first-order chi connectivity index (χ1) is 14.3. The zero-order chi connectivity index (χ0) is 21.3. The Morgan fingerprint density at radius 2 is 0.828 bits per heavy atom. The highest BCUT2D eigenvalue weighted by atomic mass is 16.3. The SMILES string of the molecule is CCCCCCC/C=C\CCC/C=C\CCC[C@@H](O)CCCCCCCCCC. The molecule has 0 fully saturated rings. The zero-order valence-electron chi connectivity index (χ0n) is 20.2. The number of aliphatic hydroxyl groups excluding tert-OH is 1. The first kappa shape index (κ1) is 28.4. The van der Waals surface area contributed by atoms with Crippen molar-refractivity contribution in [1.82, 2.24) is 0 Å². The molecule has 1 atom stereocenters. The minimum atomic E-state index is -0.0735. The number of hydrogen-bond acceptors (Lipinski definition) is 1. The minimum Gasteiger partial charge on any atom is -0.393 e. The topological polar surface area (TPSA) is 20.2 Å². The number of rotatable bonds is 23. The van der Waals surface area contributed by atoms with Crippen molar-refractivity contribution in [2.24, 2.45) is 0 Å². The molecular formula is C28H54O. The summed E-state index contributed by atoms with van der Waals surface area (Å²) in [4.78, 5) is 0. The number of aliphatic hydroxyl groups is 1. The van der Waals surface area contributed by atoms with Gasteiger partial charge in [-0.2, -0.15) is 0 Å². The normalized spacial score (nSPS) is 13.1. The van der Waals surface area contributed by atoms with Crippen LogP contribution in [0.15, 0.2) is 24.3 Å². The van der Waals surface area contributed by atoms with Crippen LogP contribution in [0.1, 0.15) is 149 Å². The van der Waals surface area contributed by atoms with Crippen molar-refractivity contribution in [3.8, 4) is 0 Å². The summed E-state index contributed by atoms with van der Waals surface area (Å²) in [6, 6.07) is 0. The van der Waals surface area contributed by atoms with Crippen LogP contribution in [-0.2, 0) is 0 Å². The average molecular weight is 407 g/mol. The molecule has 0 radical (unpaired) electrons. The van der Waals surface area contributed by atoms with Gasteiger partial charge in [0.15, 0.2) is 0 Å². The van der Waals surface area contributed by atoms with Gasteiger partial charge in [0, 0.05) is 0 Å². The first-order valence-corrected chi connectivity index (χ1v) is 13.3. The van der Waals surface area contributed by atoms with E-state index in [2.05, 4.69) is 38.2 Å². The molecule has 0 aromatic carbocycles. The third-order valence-electron chi connectivity index (χ3n) is 5.85. The van der Waals surface area contributed by atoms with Gasteiger partial charge in [-0.15, -0.1) is 0 Å². The highest BCUT2D eigenvalue weighted by Crippen LogP contribution is 2.13. The van der Waals surface area contributed by atoms with E-state index in [0.29, 0.717) is 0 Å². The molecule has 0 amide bonds. The van der Waals surface area contributed by atoms with E-state index in [0.717, 1.165) is 25.7 Å². The van der Waals surface area contributed by atoms with Crippen LogP contribution in [0.3, 0.4) is 0 Å². The minimum absolute atomic E-state index is 0.0735. The predicted octanol–water partition coefficient (Wildman–Crippen LogP) is 9.69. The van der Waals surface area contributed by atoms with Crippen molar-refractivity contribution in [2.75, 3.05) is 0 Å². The lowest BCUT2D eigenvalue weighted by molar-refractivity contribution is 0.148. The fraction of sp³-hybridized carbons (Fsp3) is 0.857. The molecular weight excluding hydrogens is 352 g/mol. The predicted molar refractivity (Wildman–Crippen MR) is 133 cm³/mol. The van der Waals surface area contributed by atoms with E-state index in [1.807, 2.05) is 0 Å². The van der Waals surface area contributed by atoms with E-state index >= 15 is 0 Å². The van der Waals surface area contributed by atoms with Crippen LogP contribution in [0.5, 0.6) is 0 Å². The molecule has 1 heteroatoms. The maximum absolute atomic E-state index is 10.1. The van der Waals surface area contributed by atoms with Crippen molar-refractivity contribution in [2.45, 2.75) is 155 Å². The standard InChI is InChI=1S/C28H54O/c1-3-5-7-9-11-13-14-15-16-17-18-19-21-23-25-27-28(29)26-24-22-20-12-10-8-6-4-2/h14-15,19,21,28-29H,3-13,16-18,20,22-27H2,1-2H3/b15-14-,21-19-/t28-/m0/s1. The summed E-state index contributed by atoms with van der Waals surface area (Å²) >= 11 is 0. The smallest absolute Gasteiger partial charge is 0.0540 e. The quantitative estimate of drug-likeness (QED) is 0.132. The lowest BCUT2D eigenvalue weighted by Gasteiger charge is -2.09. The second kappa shape index (κ2) is 25.5. The third kappa shape index (κ3) is 25.4. The largest absolute Gasteiger partial charge is 0.393 e. The summed E-state index contributed by atoms with van der Waals surface area (Å²) in [7, 11) is 0. The molecule has 0 aromatic heterocycles. The first-order valence-electron chi connectivity index (χ1n) is 13.3. The Labute approximate surface area is 184 Å². The maximum atomic E-state index is 10.1. The van der Waals surface area contributed by atoms with Crippen LogP contribution in [0.25, 0.3) is 0 Å². The fourth-order valence-electron chi connectivity index (χ4n) is 3.82. The summed E-state index contributed by atoms with van der Waals surface area (Å²) in [5.74, 6) is 0. The molecule has 0 aliphatic carbocycles. The molecule has 0 heterocycles. The summed E-state index contributed by atoms with van der Waals surface area (Å²) in [5, 5.41) is 10.1. The lowest BCUT2D eigenvalue weighted by Crippen LogP contribution is -2.05. The van der Waals surface area contributed by atoms with Crippen LogP contribution in [0, 0.1) is 0 Å². The molecule has 29 heavy (non-hydrogen) atoms. The molecule has 0 unspecified atom stereocenters. The van der Waals surface area contributed by atoms with Crippen molar-refractivity contribution in [1.29, 1.82) is 0 Å². The molecule has 1 nitrogen and oxygen atoms in total. The van der Waals surface area contributed by atoms with Crippen molar-refractivity contribution in [3.63, 3.8) is 0 Å². The molecule has 1 N–H and O–H groups in total. The fourth-order valence-corrected chi connectivity index (χ4v) is 3.82. The van der Waals surface area contributed by atoms with Crippen LogP contribution in [0.2, 0.25) is 0 Å². The van der Waals surface area contributed by atoms with Gasteiger partial charge in [-0.3, -0.25) is 0 Å². The summed E-state index contributed by atoms with van der Waals surface area (Å²) in [6.07, 6.45) is 36.2. The van der Waals surface area contributed by atoms with Gasteiger partial charge in [0.1, 0.15) is 0 Å². The lowest BCUT2D eigenvalue weighted by atomic mass is 10.0. The van der Waals surface area contributed by atoms with Gasteiger partial charge in [-0.25, -0.2) is 0 Å². The Morgan fingerprint density at radius 3 is 1.38 bits per heavy atom. The van der Waals surface area contributed by atoms with Crippen LogP contribution < -0.4 is 0 Å². The van der Waals surface area contributed by atoms with E-state index in [1.165, 1.54) is 109 Å².